The van der Waals surface area contributed by atoms with Crippen molar-refractivity contribution in [1.29, 1.82) is 0 Å². The average Bonchev–Trinajstić information content (AvgIpc) is 3.01. The number of sulfone groups is 1. The number of hydrogen-bond donors (Lipinski definition) is 1. The van der Waals surface area contributed by atoms with E-state index in [0.717, 1.165) is 21.3 Å². The van der Waals surface area contributed by atoms with Gasteiger partial charge in [-0.15, -0.1) is 0 Å². The van der Waals surface area contributed by atoms with Crippen LogP contribution in [-0.4, -0.2) is 24.6 Å². The van der Waals surface area contributed by atoms with Crippen molar-refractivity contribution in [2.24, 2.45) is 0 Å². The van der Waals surface area contributed by atoms with Gasteiger partial charge in [-0.25, -0.2) is 13.4 Å². The van der Waals surface area contributed by atoms with E-state index in [0.29, 0.717) is 10.7 Å². The monoisotopic (exact) mass is 388 g/mol. The molecular formula is C19H20N2O3S2. The second-order valence-corrected chi connectivity index (χ2v) is 9.98. The number of fused-ring (bicyclic) bond motifs is 1. The zero-order valence-electron chi connectivity index (χ0n) is 15.0. The molecular weight excluding hydrogens is 368 g/mol. The second-order valence-electron chi connectivity index (χ2n) is 6.45. The molecule has 26 heavy (non-hydrogen) atoms. The van der Waals surface area contributed by atoms with Crippen LogP contribution >= 0.6 is 11.3 Å². The maximum absolute atomic E-state index is 12.6. The molecule has 3 aromatic rings. The van der Waals surface area contributed by atoms with Crippen LogP contribution in [0.1, 0.15) is 35.3 Å². The van der Waals surface area contributed by atoms with E-state index >= 15 is 0 Å². The van der Waals surface area contributed by atoms with E-state index in [1.807, 2.05) is 26.0 Å². The number of benzene rings is 2. The first-order valence-corrected chi connectivity index (χ1v) is 10.6. The molecule has 0 radical (unpaired) electrons. The summed E-state index contributed by atoms with van der Waals surface area (Å²) in [6, 6.07) is 10.1. The molecule has 7 heteroatoms. The van der Waals surface area contributed by atoms with Crippen LogP contribution in [0.3, 0.4) is 0 Å². The van der Waals surface area contributed by atoms with Crippen LogP contribution in [0.15, 0.2) is 41.3 Å². The normalized spacial score (nSPS) is 11.9. The molecule has 0 aliphatic heterocycles. The average molecular weight is 389 g/mol. The lowest BCUT2D eigenvalue weighted by Gasteiger charge is -2.09. The highest BCUT2D eigenvalue weighted by Gasteiger charge is 2.20. The van der Waals surface area contributed by atoms with Crippen LogP contribution < -0.4 is 5.32 Å². The number of thiazole rings is 1. The Labute approximate surface area is 157 Å². The van der Waals surface area contributed by atoms with Gasteiger partial charge in [-0.2, -0.15) is 0 Å². The minimum atomic E-state index is -3.43. The summed E-state index contributed by atoms with van der Waals surface area (Å²) in [7, 11) is -3.43. The van der Waals surface area contributed by atoms with Crippen LogP contribution in [0.2, 0.25) is 0 Å². The van der Waals surface area contributed by atoms with Crippen LogP contribution in [0.5, 0.6) is 0 Å². The van der Waals surface area contributed by atoms with Crippen molar-refractivity contribution >= 4 is 42.4 Å². The van der Waals surface area contributed by atoms with E-state index in [1.165, 1.54) is 23.5 Å². The minimum Gasteiger partial charge on any atom is -0.298 e. The number of rotatable bonds is 4. The molecule has 1 heterocycles. The Hall–Kier alpha value is -2.25. The number of nitrogens with one attached hydrogen (secondary N) is 1. The number of aryl methyl sites for hydroxylation is 2. The topological polar surface area (TPSA) is 76.1 Å². The Kier molecular flexibility index (Phi) is 4.86. The van der Waals surface area contributed by atoms with Gasteiger partial charge in [0, 0.05) is 5.56 Å². The fourth-order valence-electron chi connectivity index (χ4n) is 2.54. The van der Waals surface area contributed by atoms with Crippen molar-refractivity contribution < 1.29 is 13.2 Å². The molecule has 136 valence electrons. The lowest BCUT2D eigenvalue weighted by molar-refractivity contribution is 0.102. The predicted molar refractivity (Wildman–Crippen MR) is 106 cm³/mol. The maximum Gasteiger partial charge on any atom is 0.257 e. The third kappa shape index (κ3) is 3.37. The van der Waals surface area contributed by atoms with E-state index in [9.17, 15) is 13.2 Å². The number of aromatic nitrogens is 1. The van der Waals surface area contributed by atoms with Gasteiger partial charge in [-0.05, 0) is 63.1 Å². The van der Waals surface area contributed by atoms with Crippen LogP contribution in [0.4, 0.5) is 5.13 Å². The number of amides is 1. The van der Waals surface area contributed by atoms with E-state index in [2.05, 4.69) is 10.3 Å². The lowest BCUT2D eigenvalue weighted by atomic mass is 10.1. The molecule has 1 aromatic heterocycles. The number of carbonyl (C=O) groups excluding carboxylic acids is 1. The molecule has 0 atom stereocenters. The van der Waals surface area contributed by atoms with Gasteiger partial charge in [0.25, 0.3) is 5.91 Å². The molecule has 0 saturated heterocycles. The Morgan fingerprint density at radius 3 is 2.58 bits per heavy atom. The van der Waals surface area contributed by atoms with E-state index in [-0.39, 0.29) is 10.8 Å². The van der Waals surface area contributed by atoms with Crippen LogP contribution in [-0.2, 0) is 9.84 Å². The zero-order chi connectivity index (χ0) is 19.1. The number of hydrogen-bond acceptors (Lipinski definition) is 5. The summed E-state index contributed by atoms with van der Waals surface area (Å²) in [4.78, 5) is 17.2. The third-order valence-corrected chi connectivity index (χ3v) is 7.44. The molecule has 0 spiro atoms. The largest absolute Gasteiger partial charge is 0.298 e. The Balaban J connectivity index is 1.90. The molecule has 1 amide bonds. The summed E-state index contributed by atoms with van der Waals surface area (Å²) >= 11 is 1.40. The van der Waals surface area contributed by atoms with Crippen molar-refractivity contribution in [3.05, 3.63) is 53.1 Å². The van der Waals surface area contributed by atoms with Crippen molar-refractivity contribution in [3.63, 3.8) is 0 Å². The van der Waals surface area contributed by atoms with Crippen LogP contribution in [0, 0.1) is 13.8 Å². The highest BCUT2D eigenvalue weighted by Crippen LogP contribution is 2.30. The maximum atomic E-state index is 12.6. The number of anilines is 1. The van der Waals surface area contributed by atoms with Gasteiger partial charge in [0.1, 0.15) is 0 Å². The Morgan fingerprint density at radius 2 is 1.88 bits per heavy atom. The second kappa shape index (κ2) is 6.81. The van der Waals surface area contributed by atoms with Crippen molar-refractivity contribution in [3.8, 4) is 0 Å². The van der Waals surface area contributed by atoms with Crippen molar-refractivity contribution in [2.45, 2.75) is 37.8 Å². The fraction of sp³-hybridized carbons (Fsp3) is 0.263. The summed E-state index contributed by atoms with van der Waals surface area (Å²) in [5.74, 6) is -0.376. The van der Waals surface area contributed by atoms with Crippen LogP contribution in [0.25, 0.3) is 10.2 Å². The predicted octanol–water partition coefficient (Wildman–Crippen LogP) is 4.35. The molecule has 0 aliphatic carbocycles. The quantitative estimate of drug-likeness (QED) is 0.721. The number of carbonyl (C=O) groups is 1. The third-order valence-electron chi connectivity index (χ3n) is 4.35. The van der Waals surface area contributed by atoms with Gasteiger partial charge in [0.2, 0.25) is 0 Å². The number of nitrogens with zero attached hydrogens (tertiary/aromatic N) is 1. The van der Waals surface area contributed by atoms with Crippen molar-refractivity contribution in [2.75, 3.05) is 5.32 Å². The molecule has 0 saturated carbocycles. The first-order chi connectivity index (χ1) is 12.2. The lowest BCUT2D eigenvalue weighted by Crippen LogP contribution is -2.16. The summed E-state index contributed by atoms with van der Waals surface area (Å²) in [6.45, 7) is 7.26. The van der Waals surface area contributed by atoms with E-state index < -0.39 is 15.1 Å². The summed E-state index contributed by atoms with van der Waals surface area (Å²) < 4.78 is 25.6. The van der Waals surface area contributed by atoms with Crippen molar-refractivity contribution in [1.82, 2.24) is 4.98 Å². The fourth-order valence-corrected chi connectivity index (χ4v) is 4.56. The highest BCUT2D eigenvalue weighted by molar-refractivity contribution is 7.92. The van der Waals surface area contributed by atoms with E-state index in [4.69, 9.17) is 0 Å². The van der Waals surface area contributed by atoms with Gasteiger partial charge >= 0.3 is 0 Å². The molecule has 0 aliphatic rings. The molecule has 1 N–H and O–H groups in total. The van der Waals surface area contributed by atoms with Gasteiger partial charge in [-0.3, -0.25) is 10.1 Å². The molecule has 3 rings (SSSR count). The molecule has 5 nitrogen and oxygen atoms in total. The minimum absolute atomic E-state index is 0.149. The molecule has 0 fully saturated rings. The van der Waals surface area contributed by atoms with Gasteiger partial charge in [0.05, 0.1) is 20.4 Å². The Morgan fingerprint density at radius 1 is 1.15 bits per heavy atom. The van der Waals surface area contributed by atoms with Gasteiger partial charge < -0.3 is 0 Å². The zero-order valence-corrected chi connectivity index (χ0v) is 16.7. The first kappa shape index (κ1) is 18.5. The molecule has 2 aromatic carbocycles. The molecule has 0 unspecified atom stereocenters. The SMILES string of the molecule is Cc1ccc2sc(NC(=O)c3cccc(S(=O)(=O)C(C)C)c3)nc2c1C. The van der Waals surface area contributed by atoms with Gasteiger partial charge in [-0.1, -0.05) is 23.5 Å². The first-order valence-electron chi connectivity index (χ1n) is 8.22. The summed E-state index contributed by atoms with van der Waals surface area (Å²) in [5.41, 5.74) is 3.40. The van der Waals surface area contributed by atoms with Gasteiger partial charge in [0.15, 0.2) is 15.0 Å². The highest BCUT2D eigenvalue weighted by atomic mass is 32.2. The summed E-state index contributed by atoms with van der Waals surface area (Å²) in [6.07, 6.45) is 0. The van der Waals surface area contributed by atoms with E-state index in [1.54, 1.807) is 26.0 Å². The molecule has 0 bridgehead atoms. The summed E-state index contributed by atoms with van der Waals surface area (Å²) in [5, 5.41) is 2.73. The standard InChI is InChI=1S/C19H20N2O3S2/c1-11(2)26(23,24)15-7-5-6-14(10-15)18(22)21-19-20-17-13(4)12(3)8-9-16(17)25-19/h5-11H,1-4H3,(H,20,21,22). The smallest absolute Gasteiger partial charge is 0.257 e. The Bertz CT molecular complexity index is 1100.